The highest BCUT2D eigenvalue weighted by Gasteiger charge is 2.14. The minimum atomic E-state index is -0.198. The highest BCUT2D eigenvalue weighted by atomic mass is 16.2. The largest absolute Gasteiger partial charge is 0.324 e. The minimum absolute atomic E-state index is 0.106. The van der Waals surface area contributed by atoms with Crippen LogP contribution in [0.1, 0.15) is 5.56 Å². The van der Waals surface area contributed by atoms with Crippen molar-refractivity contribution in [2.24, 2.45) is 0 Å². The molecule has 0 aromatic heterocycles. The van der Waals surface area contributed by atoms with Crippen molar-refractivity contribution in [1.29, 1.82) is 0 Å². The Labute approximate surface area is 95.5 Å². The highest BCUT2D eigenvalue weighted by Crippen LogP contribution is 2.14. The predicted molar refractivity (Wildman–Crippen MR) is 63.7 cm³/mol. The third-order valence-electron chi connectivity index (χ3n) is 2.38. The number of aryl methyl sites for hydroxylation is 1. The van der Waals surface area contributed by atoms with Crippen molar-refractivity contribution in [3.05, 3.63) is 29.8 Å². The maximum Gasteiger partial charge on any atom is 0.324 e. The van der Waals surface area contributed by atoms with Crippen LogP contribution in [0.25, 0.3) is 0 Å². The predicted octanol–water partition coefficient (Wildman–Crippen LogP) is 1.68. The van der Waals surface area contributed by atoms with Crippen LogP contribution in [0.3, 0.4) is 0 Å². The van der Waals surface area contributed by atoms with Crippen LogP contribution >= 0.6 is 0 Å². The molecule has 0 bridgehead atoms. The van der Waals surface area contributed by atoms with E-state index >= 15 is 0 Å². The number of aldehydes is 1. The van der Waals surface area contributed by atoms with Gasteiger partial charge in [-0.3, -0.25) is 4.90 Å². The molecule has 0 unspecified atom stereocenters. The fourth-order valence-corrected chi connectivity index (χ4v) is 1.32. The van der Waals surface area contributed by atoms with Gasteiger partial charge in [0.25, 0.3) is 0 Å². The van der Waals surface area contributed by atoms with Crippen LogP contribution in [0.4, 0.5) is 10.5 Å². The molecule has 0 heterocycles. The van der Waals surface area contributed by atoms with Crippen molar-refractivity contribution in [2.75, 3.05) is 25.5 Å². The molecule has 16 heavy (non-hydrogen) atoms. The van der Waals surface area contributed by atoms with E-state index in [4.69, 9.17) is 0 Å². The molecule has 0 saturated carbocycles. The zero-order chi connectivity index (χ0) is 12.1. The number of carbonyl (C=O) groups is 2. The number of carbonyl (C=O) groups excluding carboxylic acids is 2. The van der Waals surface area contributed by atoms with E-state index in [2.05, 4.69) is 0 Å². The first-order chi connectivity index (χ1) is 7.56. The van der Waals surface area contributed by atoms with Gasteiger partial charge in [0.05, 0.1) is 6.54 Å². The lowest BCUT2D eigenvalue weighted by Crippen LogP contribution is -2.39. The van der Waals surface area contributed by atoms with Gasteiger partial charge in [-0.15, -0.1) is 0 Å². The maximum absolute atomic E-state index is 11.8. The summed E-state index contributed by atoms with van der Waals surface area (Å²) in [5.74, 6) is 0. The molecule has 1 aromatic rings. The van der Waals surface area contributed by atoms with Crippen molar-refractivity contribution < 1.29 is 9.59 Å². The van der Waals surface area contributed by atoms with Gasteiger partial charge in [0.2, 0.25) is 0 Å². The first kappa shape index (κ1) is 12.2. The number of anilines is 1. The number of likely N-dealkylation sites (N-methyl/N-ethyl adjacent to an activating group) is 1. The summed E-state index contributed by atoms with van der Waals surface area (Å²) in [6, 6.07) is 7.44. The summed E-state index contributed by atoms with van der Waals surface area (Å²) < 4.78 is 0. The molecule has 2 amide bonds. The normalized spacial score (nSPS) is 9.69. The summed E-state index contributed by atoms with van der Waals surface area (Å²) in [6.07, 6.45) is 0.709. The van der Waals surface area contributed by atoms with Crippen molar-refractivity contribution >= 4 is 18.0 Å². The van der Waals surface area contributed by atoms with Crippen molar-refractivity contribution in [2.45, 2.75) is 6.92 Å². The lowest BCUT2D eigenvalue weighted by atomic mass is 10.2. The van der Waals surface area contributed by atoms with E-state index in [0.717, 1.165) is 11.3 Å². The quantitative estimate of drug-likeness (QED) is 0.727. The van der Waals surface area contributed by atoms with Gasteiger partial charge in [-0.25, -0.2) is 4.79 Å². The van der Waals surface area contributed by atoms with Crippen molar-refractivity contribution in [3.63, 3.8) is 0 Å². The summed E-state index contributed by atoms with van der Waals surface area (Å²) >= 11 is 0. The molecule has 1 aromatic carbocycles. The van der Waals surface area contributed by atoms with E-state index in [1.165, 1.54) is 9.80 Å². The van der Waals surface area contributed by atoms with Crippen LogP contribution in [-0.2, 0) is 4.79 Å². The second-order valence-corrected chi connectivity index (χ2v) is 3.72. The van der Waals surface area contributed by atoms with Gasteiger partial charge in [-0.2, -0.15) is 0 Å². The third kappa shape index (κ3) is 2.82. The Morgan fingerprint density at radius 1 is 1.25 bits per heavy atom. The molecule has 0 saturated heterocycles. The van der Waals surface area contributed by atoms with Gasteiger partial charge >= 0.3 is 6.03 Å². The van der Waals surface area contributed by atoms with Gasteiger partial charge in [-0.05, 0) is 19.1 Å². The molecule has 0 aliphatic rings. The highest BCUT2D eigenvalue weighted by molar-refractivity contribution is 5.92. The van der Waals surface area contributed by atoms with Gasteiger partial charge in [-0.1, -0.05) is 17.7 Å². The average Bonchev–Trinajstić information content (AvgIpc) is 2.28. The maximum atomic E-state index is 11.8. The molecule has 0 N–H and O–H groups in total. The second kappa shape index (κ2) is 5.30. The zero-order valence-corrected chi connectivity index (χ0v) is 9.80. The number of amides is 2. The molecule has 4 heteroatoms. The number of urea groups is 1. The number of hydrogen-bond donors (Lipinski definition) is 0. The molecule has 1 rings (SSSR count). The third-order valence-corrected chi connectivity index (χ3v) is 2.38. The summed E-state index contributed by atoms with van der Waals surface area (Å²) in [6.45, 7) is 2.10. The van der Waals surface area contributed by atoms with Crippen LogP contribution < -0.4 is 4.90 Å². The number of benzene rings is 1. The minimum Gasteiger partial charge on any atom is -0.320 e. The smallest absolute Gasteiger partial charge is 0.320 e. The average molecular weight is 220 g/mol. The molecule has 86 valence electrons. The van der Waals surface area contributed by atoms with Crippen LogP contribution in [0, 0.1) is 6.92 Å². The lowest BCUT2D eigenvalue weighted by Gasteiger charge is -2.23. The Morgan fingerprint density at radius 3 is 2.31 bits per heavy atom. The van der Waals surface area contributed by atoms with Gasteiger partial charge in [0.1, 0.15) is 6.29 Å². The Balaban J connectivity index is 2.77. The monoisotopic (exact) mass is 220 g/mol. The van der Waals surface area contributed by atoms with Gasteiger partial charge in [0, 0.05) is 19.8 Å². The van der Waals surface area contributed by atoms with E-state index in [1.54, 1.807) is 14.1 Å². The van der Waals surface area contributed by atoms with Crippen molar-refractivity contribution in [1.82, 2.24) is 4.90 Å². The van der Waals surface area contributed by atoms with E-state index in [-0.39, 0.29) is 12.6 Å². The van der Waals surface area contributed by atoms with E-state index in [1.807, 2.05) is 31.2 Å². The Morgan fingerprint density at radius 2 is 1.81 bits per heavy atom. The van der Waals surface area contributed by atoms with E-state index in [9.17, 15) is 9.59 Å². The Bertz CT molecular complexity index is 373. The molecule has 0 fully saturated rings. The molecule has 0 aliphatic heterocycles. The van der Waals surface area contributed by atoms with Crippen molar-refractivity contribution in [3.8, 4) is 0 Å². The summed E-state index contributed by atoms with van der Waals surface area (Å²) in [7, 11) is 3.29. The summed E-state index contributed by atoms with van der Waals surface area (Å²) in [4.78, 5) is 25.0. The molecule has 0 spiro atoms. The molecule has 0 atom stereocenters. The molecular weight excluding hydrogens is 204 g/mol. The van der Waals surface area contributed by atoms with E-state index in [0.29, 0.717) is 6.29 Å². The SMILES string of the molecule is Cc1ccc(N(C)C(=O)N(C)CC=O)cc1. The number of hydrogen-bond acceptors (Lipinski definition) is 2. The Kier molecular flexibility index (Phi) is 4.05. The van der Waals surface area contributed by atoms with Gasteiger partial charge in [0.15, 0.2) is 0 Å². The lowest BCUT2D eigenvalue weighted by molar-refractivity contribution is -0.108. The van der Waals surface area contributed by atoms with Crippen LogP contribution in [-0.4, -0.2) is 37.9 Å². The standard InChI is InChI=1S/C12H16N2O2/c1-10-4-6-11(7-5-10)14(3)12(16)13(2)8-9-15/h4-7,9H,8H2,1-3H3. The number of rotatable bonds is 3. The fourth-order valence-electron chi connectivity index (χ4n) is 1.32. The van der Waals surface area contributed by atoms with Gasteiger partial charge < -0.3 is 9.69 Å². The fraction of sp³-hybridized carbons (Fsp3) is 0.333. The van der Waals surface area contributed by atoms with Crippen LogP contribution in [0.5, 0.6) is 0 Å². The first-order valence-corrected chi connectivity index (χ1v) is 5.05. The van der Waals surface area contributed by atoms with Crippen LogP contribution in [0.2, 0.25) is 0 Å². The summed E-state index contributed by atoms with van der Waals surface area (Å²) in [5.41, 5.74) is 1.96. The molecule has 4 nitrogen and oxygen atoms in total. The summed E-state index contributed by atoms with van der Waals surface area (Å²) in [5, 5.41) is 0. The van der Waals surface area contributed by atoms with E-state index < -0.39 is 0 Å². The molecule has 0 radical (unpaired) electrons. The molecule has 0 aliphatic carbocycles. The van der Waals surface area contributed by atoms with Crippen LogP contribution in [0.15, 0.2) is 24.3 Å². The molecular formula is C12H16N2O2. The zero-order valence-electron chi connectivity index (χ0n) is 9.80. The number of nitrogens with zero attached hydrogens (tertiary/aromatic N) is 2. The Hall–Kier alpha value is -1.84. The first-order valence-electron chi connectivity index (χ1n) is 5.05. The topological polar surface area (TPSA) is 40.6 Å². The second-order valence-electron chi connectivity index (χ2n) is 3.72.